The highest BCUT2D eigenvalue weighted by atomic mass is 32.2. The van der Waals surface area contributed by atoms with Crippen LogP contribution in [0.1, 0.15) is 31.8 Å². The number of nitrogens with zero attached hydrogens (tertiary/aromatic N) is 1. The van der Waals surface area contributed by atoms with Crippen molar-refractivity contribution >= 4 is 11.8 Å². The second-order valence-corrected chi connectivity index (χ2v) is 4.49. The number of aromatic amines is 1. The molecule has 86 valence electrons. The lowest BCUT2D eigenvalue weighted by molar-refractivity contribution is -0.766. The van der Waals surface area contributed by atoms with E-state index >= 15 is 0 Å². The Morgan fingerprint density at radius 1 is 1.60 bits per heavy atom. The van der Waals surface area contributed by atoms with Gasteiger partial charge in [-0.2, -0.15) is 11.8 Å². The molecule has 0 saturated carbocycles. The monoisotopic (exact) mass is 229 g/mol. The van der Waals surface area contributed by atoms with E-state index in [0.717, 1.165) is 12.8 Å². The number of hydrogen-bond acceptors (Lipinski definition) is 2. The first-order chi connectivity index (χ1) is 7.33. The van der Waals surface area contributed by atoms with Crippen molar-refractivity contribution in [2.75, 3.05) is 19.1 Å². The Morgan fingerprint density at radius 2 is 2.40 bits per heavy atom. The highest BCUT2D eigenvalue weighted by Crippen LogP contribution is 2.06. The molecule has 0 aliphatic rings. The Bertz CT molecular complexity index is 271. The van der Waals surface area contributed by atoms with Crippen LogP contribution in [0.2, 0.25) is 0 Å². The number of methoxy groups -OCH3 is 1. The lowest BCUT2D eigenvalue weighted by atomic mass is 10.3. The van der Waals surface area contributed by atoms with Gasteiger partial charge >= 0.3 is 0 Å². The molecular weight excluding hydrogens is 208 g/mol. The van der Waals surface area contributed by atoms with Crippen LogP contribution in [0, 0.1) is 0 Å². The zero-order valence-corrected chi connectivity index (χ0v) is 10.6. The Labute approximate surface area is 96.2 Å². The molecule has 0 spiro atoms. The van der Waals surface area contributed by atoms with E-state index in [4.69, 9.17) is 4.74 Å². The van der Waals surface area contributed by atoms with Crippen LogP contribution in [0.4, 0.5) is 0 Å². The Balaban J connectivity index is 2.59. The van der Waals surface area contributed by atoms with E-state index < -0.39 is 0 Å². The minimum atomic E-state index is 0.167. The van der Waals surface area contributed by atoms with Gasteiger partial charge in [0.1, 0.15) is 12.4 Å². The third-order valence-corrected chi connectivity index (χ3v) is 3.19. The normalized spacial score (nSPS) is 13.0. The summed E-state index contributed by atoms with van der Waals surface area (Å²) in [5.41, 5.74) is 0. The molecule has 1 unspecified atom stereocenters. The summed E-state index contributed by atoms with van der Waals surface area (Å²) in [7, 11) is 1.76. The van der Waals surface area contributed by atoms with Crippen LogP contribution in [-0.4, -0.2) is 24.1 Å². The molecule has 1 N–H and O–H groups in total. The van der Waals surface area contributed by atoms with Gasteiger partial charge in [-0.05, 0) is 18.4 Å². The number of aromatic nitrogens is 2. The van der Waals surface area contributed by atoms with Crippen LogP contribution < -0.4 is 4.57 Å². The highest BCUT2D eigenvalue weighted by Gasteiger charge is 2.18. The van der Waals surface area contributed by atoms with Gasteiger partial charge in [0.25, 0.3) is 5.82 Å². The first-order valence-corrected chi connectivity index (χ1v) is 6.82. The zero-order valence-electron chi connectivity index (χ0n) is 9.82. The number of aryl methyl sites for hydroxylation is 1. The van der Waals surface area contributed by atoms with Crippen molar-refractivity contribution in [3.63, 3.8) is 0 Å². The molecule has 4 heteroatoms. The van der Waals surface area contributed by atoms with Crippen LogP contribution in [-0.2, 0) is 11.2 Å². The van der Waals surface area contributed by atoms with Gasteiger partial charge in [0, 0.05) is 13.5 Å². The first kappa shape index (κ1) is 12.6. The van der Waals surface area contributed by atoms with Crippen molar-refractivity contribution in [3.05, 3.63) is 18.2 Å². The molecule has 0 bridgehead atoms. The standard InChI is InChI=1S/C11H20N2OS/c1-4-11(14-2)13-8-7-12-10(13)6-5-9-15-3/h7-8,11H,4-6,9H2,1-3H3/p+1. The summed E-state index contributed by atoms with van der Waals surface area (Å²) in [6, 6.07) is 0. The fourth-order valence-electron chi connectivity index (χ4n) is 1.71. The van der Waals surface area contributed by atoms with Gasteiger partial charge in [0.2, 0.25) is 6.23 Å². The minimum absolute atomic E-state index is 0.167. The molecular formula is C11H21N2OS+. The number of hydrogen-bond donors (Lipinski definition) is 1. The minimum Gasteiger partial charge on any atom is -0.343 e. The van der Waals surface area contributed by atoms with Crippen molar-refractivity contribution in [3.8, 4) is 0 Å². The van der Waals surface area contributed by atoms with Gasteiger partial charge in [0.05, 0.1) is 6.42 Å². The average Bonchev–Trinajstić information content (AvgIpc) is 2.69. The molecule has 0 aliphatic heterocycles. The fourth-order valence-corrected chi connectivity index (χ4v) is 2.14. The van der Waals surface area contributed by atoms with Crippen LogP contribution in [0.25, 0.3) is 0 Å². The van der Waals surface area contributed by atoms with Gasteiger partial charge in [-0.25, -0.2) is 9.55 Å². The molecule has 0 radical (unpaired) electrons. The smallest absolute Gasteiger partial charge is 0.256 e. The Morgan fingerprint density at radius 3 is 3.00 bits per heavy atom. The van der Waals surface area contributed by atoms with Gasteiger partial charge in [0.15, 0.2) is 0 Å². The molecule has 15 heavy (non-hydrogen) atoms. The fraction of sp³-hybridized carbons (Fsp3) is 0.727. The lowest BCUT2D eigenvalue weighted by Gasteiger charge is -2.10. The Kier molecular flexibility index (Phi) is 5.79. The van der Waals surface area contributed by atoms with Gasteiger partial charge in [-0.3, -0.25) is 0 Å². The third-order valence-electron chi connectivity index (χ3n) is 2.49. The van der Waals surface area contributed by atoms with Crippen molar-refractivity contribution in [2.24, 2.45) is 0 Å². The number of imidazole rings is 1. The predicted molar refractivity (Wildman–Crippen MR) is 64.0 cm³/mol. The molecule has 1 rings (SSSR count). The van der Waals surface area contributed by atoms with E-state index in [1.807, 2.05) is 18.0 Å². The van der Waals surface area contributed by atoms with Crippen molar-refractivity contribution in [2.45, 2.75) is 32.4 Å². The second-order valence-electron chi connectivity index (χ2n) is 3.51. The van der Waals surface area contributed by atoms with Crippen molar-refractivity contribution in [1.29, 1.82) is 0 Å². The molecule has 0 amide bonds. The van der Waals surface area contributed by atoms with Crippen LogP contribution in [0.3, 0.4) is 0 Å². The third kappa shape index (κ3) is 3.54. The van der Waals surface area contributed by atoms with Crippen LogP contribution in [0.5, 0.6) is 0 Å². The van der Waals surface area contributed by atoms with E-state index in [9.17, 15) is 0 Å². The van der Waals surface area contributed by atoms with Gasteiger partial charge in [-0.15, -0.1) is 0 Å². The van der Waals surface area contributed by atoms with E-state index in [-0.39, 0.29) is 6.23 Å². The molecule has 0 saturated heterocycles. The van der Waals surface area contributed by atoms with E-state index in [1.165, 1.54) is 18.0 Å². The summed E-state index contributed by atoms with van der Waals surface area (Å²) in [6.07, 6.45) is 9.65. The van der Waals surface area contributed by atoms with E-state index in [2.05, 4.69) is 28.9 Å². The Hall–Kier alpha value is -0.480. The maximum atomic E-state index is 5.43. The van der Waals surface area contributed by atoms with E-state index in [0.29, 0.717) is 0 Å². The number of thioether (sulfide) groups is 1. The van der Waals surface area contributed by atoms with Gasteiger partial charge < -0.3 is 4.74 Å². The summed E-state index contributed by atoms with van der Waals surface area (Å²) in [5, 5.41) is 0. The molecule has 1 heterocycles. The average molecular weight is 229 g/mol. The predicted octanol–water partition coefficient (Wildman–Crippen LogP) is 2.15. The molecule has 1 aromatic rings. The molecule has 0 aliphatic carbocycles. The summed E-state index contributed by atoms with van der Waals surface area (Å²) < 4.78 is 7.62. The number of H-pyrrole nitrogens is 1. The molecule has 1 aromatic heterocycles. The number of ether oxygens (including phenoxy) is 1. The van der Waals surface area contributed by atoms with Crippen molar-refractivity contribution < 1.29 is 9.30 Å². The molecule has 3 nitrogen and oxygen atoms in total. The zero-order chi connectivity index (χ0) is 11.1. The SMILES string of the molecule is CCC(OC)[n+]1cc[nH]c1CCCSC. The quantitative estimate of drug-likeness (QED) is 0.573. The van der Waals surface area contributed by atoms with Gasteiger partial charge in [-0.1, -0.05) is 6.92 Å². The van der Waals surface area contributed by atoms with Crippen LogP contribution in [0.15, 0.2) is 12.4 Å². The maximum absolute atomic E-state index is 5.43. The first-order valence-electron chi connectivity index (χ1n) is 5.42. The lowest BCUT2D eigenvalue weighted by Crippen LogP contribution is -2.42. The molecule has 0 aromatic carbocycles. The van der Waals surface area contributed by atoms with E-state index in [1.54, 1.807) is 7.11 Å². The summed E-state index contributed by atoms with van der Waals surface area (Å²) in [6.45, 7) is 2.14. The highest BCUT2D eigenvalue weighted by molar-refractivity contribution is 7.98. The molecule has 0 fully saturated rings. The number of nitrogens with one attached hydrogen (secondary N) is 1. The summed E-state index contributed by atoms with van der Waals surface area (Å²) in [5.74, 6) is 2.47. The summed E-state index contributed by atoms with van der Waals surface area (Å²) in [4.78, 5) is 3.29. The van der Waals surface area contributed by atoms with Crippen LogP contribution >= 0.6 is 11.8 Å². The maximum Gasteiger partial charge on any atom is 0.256 e. The largest absolute Gasteiger partial charge is 0.343 e. The second kappa shape index (κ2) is 6.90. The number of rotatable bonds is 7. The van der Waals surface area contributed by atoms with Crippen molar-refractivity contribution in [1.82, 2.24) is 4.98 Å². The molecule has 1 atom stereocenters. The summed E-state index contributed by atoms with van der Waals surface area (Å²) >= 11 is 1.89. The topological polar surface area (TPSA) is 28.9 Å².